The monoisotopic (exact) mass is 337 g/mol. The number of aromatic nitrogens is 4. The molecule has 3 heterocycles. The highest BCUT2D eigenvalue weighted by Gasteiger charge is 2.14. The maximum absolute atomic E-state index is 12.4. The van der Waals surface area contributed by atoms with Gasteiger partial charge in [-0.1, -0.05) is 37.5 Å². The largest absolute Gasteiger partial charge is 0.309 e. The molecule has 0 bridgehead atoms. The van der Waals surface area contributed by atoms with Gasteiger partial charge in [0.1, 0.15) is 11.2 Å². The normalized spacial score (nSPS) is 16.6. The smallest absolute Gasteiger partial charge is 0.262 e. The third-order valence-corrected chi connectivity index (χ3v) is 4.81. The van der Waals surface area contributed by atoms with Gasteiger partial charge in [-0.2, -0.15) is 5.10 Å². The Morgan fingerprint density at radius 1 is 1.00 bits per heavy atom. The van der Waals surface area contributed by atoms with Gasteiger partial charge in [0.2, 0.25) is 0 Å². The van der Waals surface area contributed by atoms with Crippen LogP contribution in [-0.2, 0) is 6.54 Å². The van der Waals surface area contributed by atoms with E-state index in [1.54, 1.807) is 10.9 Å². The topological polar surface area (TPSA) is 66.8 Å². The van der Waals surface area contributed by atoms with E-state index in [0.717, 1.165) is 24.6 Å². The van der Waals surface area contributed by atoms with Crippen LogP contribution >= 0.6 is 0 Å². The van der Waals surface area contributed by atoms with Crippen molar-refractivity contribution in [1.29, 1.82) is 0 Å². The Morgan fingerprint density at radius 3 is 2.48 bits per heavy atom. The summed E-state index contributed by atoms with van der Waals surface area (Å²) in [6.45, 7) is 2.82. The molecule has 3 aromatic rings. The third kappa shape index (κ3) is 3.49. The van der Waals surface area contributed by atoms with Crippen LogP contribution in [0.5, 0.6) is 0 Å². The van der Waals surface area contributed by atoms with Gasteiger partial charge in [0, 0.05) is 0 Å². The van der Waals surface area contributed by atoms with Crippen molar-refractivity contribution in [2.75, 3.05) is 13.1 Å². The van der Waals surface area contributed by atoms with Crippen molar-refractivity contribution in [3.63, 3.8) is 0 Å². The molecule has 6 heteroatoms. The first kappa shape index (κ1) is 16.0. The Labute approximate surface area is 146 Å². The Balaban J connectivity index is 1.67. The van der Waals surface area contributed by atoms with Crippen LogP contribution in [0.3, 0.4) is 0 Å². The van der Waals surface area contributed by atoms with E-state index >= 15 is 0 Å². The minimum atomic E-state index is -0.116. The Morgan fingerprint density at radius 2 is 1.72 bits per heavy atom. The molecule has 4 rings (SSSR count). The number of nitrogens with one attached hydrogen (secondary N) is 1. The molecule has 0 radical (unpaired) electrons. The lowest BCUT2D eigenvalue weighted by atomic mass is 10.1. The third-order valence-electron chi connectivity index (χ3n) is 4.81. The fraction of sp³-hybridized carbons (Fsp3) is 0.421. The molecule has 1 aromatic carbocycles. The van der Waals surface area contributed by atoms with Crippen LogP contribution < -0.4 is 5.56 Å². The van der Waals surface area contributed by atoms with Gasteiger partial charge in [-0.15, -0.1) is 0 Å². The molecule has 0 amide bonds. The molecule has 1 saturated heterocycles. The van der Waals surface area contributed by atoms with Gasteiger partial charge in [-0.25, -0.2) is 9.67 Å². The van der Waals surface area contributed by atoms with Crippen molar-refractivity contribution >= 4 is 11.0 Å². The lowest BCUT2D eigenvalue weighted by Crippen LogP contribution is -2.29. The van der Waals surface area contributed by atoms with Crippen molar-refractivity contribution in [2.24, 2.45) is 0 Å². The number of para-hydroxylation sites is 1. The van der Waals surface area contributed by atoms with Crippen molar-refractivity contribution in [3.05, 3.63) is 52.7 Å². The molecule has 1 fully saturated rings. The predicted octanol–water partition coefficient (Wildman–Crippen LogP) is 2.87. The number of aromatic amines is 1. The molecule has 6 nitrogen and oxygen atoms in total. The number of rotatable bonds is 3. The minimum absolute atomic E-state index is 0.116. The number of hydrogen-bond donors (Lipinski definition) is 1. The molecule has 1 aliphatic rings. The average Bonchev–Trinajstić information content (AvgIpc) is 3.02. The molecular formula is C19H23N5O. The molecule has 0 aliphatic carbocycles. The van der Waals surface area contributed by atoms with Crippen LogP contribution in [0.15, 0.2) is 41.3 Å². The molecule has 25 heavy (non-hydrogen) atoms. The van der Waals surface area contributed by atoms with E-state index in [1.165, 1.54) is 32.1 Å². The van der Waals surface area contributed by atoms with Crippen LogP contribution in [0.2, 0.25) is 0 Å². The van der Waals surface area contributed by atoms with Crippen molar-refractivity contribution < 1.29 is 0 Å². The molecule has 0 saturated carbocycles. The maximum atomic E-state index is 12.4. The van der Waals surface area contributed by atoms with E-state index in [2.05, 4.69) is 15.0 Å². The lowest BCUT2D eigenvalue weighted by Gasteiger charge is -2.23. The van der Waals surface area contributed by atoms with Gasteiger partial charge >= 0.3 is 0 Å². The summed E-state index contributed by atoms with van der Waals surface area (Å²) in [5.41, 5.74) is 1.42. The SMILES string of the molecule is O=c1[nH]c(CN2CCCCCCC2)nc2c1cnn2-c1ccccc1. The highest BCUT2D eigenvalue weighted by Crippen LogP contribution is 2.15. The Bertz CT molecular complexity index is 891. The second-order valence-electron chi connectivity index (χ2n) is 6.69. The summed E-state index contributed by atoms with van der Waals surface area (Å²) in [6.07, 6.45) is 7.95. The van der Waals surface area contributed by atoms with Crippen molar-refractivity contribution in [3.8, 4) is 5.69 Å². The summed E-state index contributed by atoms with van der Waals surface area (Å²) >= 11 is 0. The maximum Gasteiger partial charge on any atom is 0.262 e. The average molecular weight is 337 g/mol. The van der Waals surface area contributed by atoms with Gasteiger partial charge in [0.15, 0.2) is 5.65 Å². The van der Waals surface area contributed by atoms with E-state index in [-0.39, 0.29) is 5.56 Å². The number of fused-ring (bicyclic) bond motifs is 1. The van der Waals surface area contributed by atoms with Gasteiger partial charge < -0.3 is 4.98 Å². The molecule has 0 spiro atoms. The van der Waals surface area contributed by atoms with E-state index in [9.17, 15) is 4.79 Å². The van der Waals surface area contributed by atoms with E-state index in [1.807, 2.05) is 30.3 Å². The summed E-state index contributed by atoms with van der Waals surface area (Å²) in [6, 6.07) is 9.80. The summed E-state index contributed by atoms with van der Waals surface area (Å²) < 4.78 is 1.74. The van der Waals surface area contributed by atoms with Crippen LogP contribution in [0.25, 0.3) is 16.7 Å². The number of H-pyrrole nitrogens is 1. The van der Waals surface area contributed by atoms with Crippen molar-refractivity contribution in [2.45, 2.75) is 38.6 Å². The van der Waals surface area contributed by atoms with Crippen LogP contribution in [-0.4, -0.2) is 37.7 Å². The molecule has 130 valence electrons. The summed E-state index contributed by atoms with van der Waals surface area (Å²) in [7, 11) is 0. The fourth-order valence-corrected chi connectivity index (χ4v) is 3.48. The Kier molecular flexibility index (Phi) is 4.61. The molecule has 0 unspecified atom stereocenters. The predicted molar refractivity (Wildman–Crippen MR) is 97.8 cm³/mol. The number of likely N-dealkylation sites (tertiary alicyclic amines) is 1. The van der Waals surface area contributed by atoms with E-state index < -0.39 is 0 Å². The second kappa shape index (κ2) is 7.19. The number of benzene rings is 1. The zero-order valence-electron chi connectivity index (χ0n) is 14.3. The van der Waals surface area contributed by atoms with E-state index in [0.29, 0.717) is 17.6 Å². The highest BCUT2D eigenvalue weighted by molar-refractivity contribution is 5.75. The molecule has 1 N–H and O–H groups in total. The van der Waals surface area contributed by atoms with E-state index in [4.69, 9.17) is 4.98 Å². The molecular weight excluding hydrogens is 314 g/mol. The van der Waals surface area contributed by atoms with Crippen molar-refractivity contribution in [1.82, 2.24) is 24.6 Å². The summed E-state index contributed by atoms with van der Waals surface area (Å²) in [5.74, 6) is 0.718. The zero-order chi connectivity index (χ0) is 17.1. The standard InChI is InChI=1S/C19H23N5O/c25-19-16-13-20-24(15-9-5-4-6-10-15)18(16)21-17(22-19)14-23-11-7-2-1-3-8-12-23/h4-6,9-10,13H,1-3,7-8,11-12,14H2,(H,21,22,25). The zero-order valence-corrected chi connectivity index (χ0v) is 14.3. The first-order valence-electron chi connectivity index (χ1n) is 9.06. The first-order chi connectivity index (χ1) is 12.3. The molecule has 2 aromatic heterocycles. The van der Waals surface area contributed by atoms with Gasteiger partial charge in [-0.3, -0.25) is 9.69 Å². The minimum Gasteiger partial charge on any atom is -0.309 e. The van der Waals surface area contributed by atoms with Crippen LogP contribution in [0.4, 0.5) is 0 Å². The number of hydrogen-bond acceptors (Lipinski definition) is 4. The fourth-order valence-electron chi connectivity index (χ4n) is 3.48. The van der Waals surface area contributed by atoms with Crippen LogP contribution in [0, 0.1) is 0 Å². The lowest BCUT2D eigenvalue weighted by molar-refractivity contribution is 0.234. The van der Waals surface area contributed by atoms with Crippen LogP contribution in [0.1, 0.15) is 37.9 Å². The molecule has 0 atom stereocenters. The summed E-state index contributed by atoms with van der Waals surface area (Å²) in [4.78, 5) is 22.5. The van der Waals surface area contributed by atoms with Gasteiger partial charge in [0.25, 0.3) is 5.56 Å². The number of nitrogens with zero attached hydrogens (tertiary/aromatic N) is 4. The van der Waals surface area contributed by atoms with Gasteiger partial charge in [0.05, 0.1) is 18.4 Å². The summed E-state index contributed by atoms with van der Waals surface area (Å²) in [5, 5.41) is 4.89. The molecule has 1 aliphatic heterocycles. The second-order valence-corrected chi connectivity index (χ2v) is 6.69. The first-order valence-corrected chi connectivity index (χ1v) is 9.06. The highest BCUT2D eigenvalue weighted by atomic mass is 16.1. The quantitative estimate of drug-likeness (QED) is 0.798. The Hall–Kier alpha value is -2.47. The van der Waals surface area contributed by atoms with Gasteiger partial charge in [-0.05, 0) is 38.1 Å².